The van der Waals surface area contributed by atoms with E-state index in [0.29, 0.717) is 69.2 Å². The van der Waals surface area contributed by atoms with E-state index in [9.17, 15) is 38.8 Å². The maximum atomic E-state index is 14.1. The Kier molecular flexibility index (Phi) is 23.4. The summed E-state index contributed by atoms with van der Waals surface area (Å²) in [7, 11) is -3.53. The summed E-state index contributed by atoms with van der Waals surface area (Å²) in [5, 5.41) is 42.9. The van der Waals surface area contributed by atoms with Crippen molar-refractivity contribution in [3.63, 3.8) is 0 Å². The molecule has 23 heteroatoms. The van der Waals surface area contributed by atoms with Crippen molar-refractivity contribution in [2.45, 2.75) is 249 Å². The maximum absolute atomic E-state index is 14.1. The molecule has 3 aromatic rings. The summed E-state index contributed by atoms with van der Waals surface area (Å²) in [6, 6.07) is 23.1. The summed E-state index contributed by atoms with van der Waals surface area (Å²) >= 11 is 0. The van der Waals surface area contributed by atoms with Gasteiger partial charge in [-0.2, -0.15) is 0 Å². The van der Waals surface area contributed by atoms with Crippen LogP contribution in [-0.4, -0.2) is 158 Å². The third-order valence-corrected chi connectivity index (χ3v) is 21.2. The van der Waals surface area contributed by atoms with Gasteiger partial charge in [0.05, 0.1) is 36.7 Å². The van der Waals surface area contributed by atoms with Gasteiger partial charge in [0, 0.05) is 51.9 Å². The van der Waals surface area contributed by atoms with Crippen molar-refractivity contribution in [2.75, 3.05) is 13.1 Å². The van der Waals surface area contributed by atoms with Gasteiger partial charge < -0.3 is 59.3 Å². The molecule has 6 N–H and O–H groups in total. The number of benzene rings is 3. The predicted octanol–water partition coefficient (Wildman–Crippen LogP) is 7.66. The molecule has 10 atom stereocenters. The Balaban J connectivity index is 0.000000179. The molecule has 3 aliphatic carbocycles. The Morgan fingerprint density at radius 2 is 0.978 bits per heavy atom. The van der Waals surface area contributed by atoms with Crippen LogP contribution in [0.5, 0.6) is 0 Å². The van der Waals surface area contributed by atoms with Crippen molar-refractivity contribution in [3.8, 4) is 0 Å². The Morgan fingerprint density at radius 1 is 0.549 bits per heavy atom. The van der Waals surface area contributed by atoms with Crippen LogP contribution in [0.15, 0.2) is 78.9 Å². The lowest BCUT2D eigenvalue weighted by Gasteiger charge is -2.64. The van der Waals surface area contributed by atoms with Crippen LogP contribution in [0.25, 0.3) is 0 Å². The zero-order valence-electron chi connectivity index (χ0n) is 53.8. The van der Waals surface area contributed by atoms with E-state index in [1.54, 1.807) is 39.0 Å². The first kappa shape index (κ1) is 67.9. The number of carbonyl (C=O) groups is 6. The molecule has 2 bridgehead atoms. The topological polar surface area (TPSA) is 257 Å². The Labute approximate surface area is 538 Å². The number of rotatable bonds is 5. The number of nitrogens with one attached hydrogen (secondary N) is 2. The molecule has 1 unspecified atom stereocenters. The summed E-state index contributed by atoms with van der Waals surface area (Å²) in [6.07, 6.45) is 19.2. The van der Waals surface area contributed by atoms with Gasteiger partial charge in [-0.15, -0.1) is 0 Å². The van der Waals surface area contributed by atoms with Gasteiger partial charge in [-0.1, -0.05) is 183 Å². The average molecular weight is 1250 g/mol. The van der Waals surface area contributed by atoms with Crippen LogP contribution < -0.4 is 16.1 Å². The number of nitrogens with zero attached hydrogens (tertiary/aromatic N) is 4. The van der Waals surface area contributed by atoms with Gasteiger partial charge in [0.1, 0.15) is 24.3 Å². The van der Waals surface area contributed by atoms with Crippen molar-refractivity contribution in [1.82, 2.24) is 30.2 Å². The zero-order valence-corrected chi connectivity index (χ0v) is 53.8. The third kappa shape index (κ3) is 16.9. The van der Waals surface area contributed by atoms with Gasteiger partial charge in [0.15, 0.2) is 0 Å². The summed E-state index contributed by atoms with van der Waals surface area (Å²) in [5.41, 5.74) is 4.84. The van der Waals surface area contributed by atoms with Crippen LogP contribution in [0, 0.1) is 17.3 Å². The number of hydrogen-bond acceptors (Lipinski definition) is 14. The Morgan fingerprint density at radius 3 is 1.42 bits per heavy atom. The second-order valence-electron chi connectivity index (χ2n) is 27.9. The molecular weight excluding hydrogens is 1160 g/mol. The second-order valence-corrected chi connectivity index (χ2v) is 27.9. The number of ether oxygens (including phenoxy) is 2. The Hall–Kier alpha value is -5.97. The maximum Gasteiger partial charge on any atom is 0.488 e. The van der Waals surface area contributed by atoms with Crippen molar-refractivity contribution in [1.29, 1.82) is 0 Å². The highest BCUT2D eigenvalue weighted by molar-refractivity contribution is 6.58. The lowest BCUT2D eigenvalue weighted by Crippen LogP contribution is -2.65. The van der Waals surface area contributed by atoms with Crippen LogP contribution in [0.4, 0.5) is 9.59 Å². The quantitative estimate of drug-likeness (QED) is 0.134. The minimum Gasteiger partial charge on any atom is -0.444 e. The van der Waals surface area contributed by atoms with Gasteiger partial charge in [0.25, 0.3) is 0 Å². The standard InChI is InChI=1S/C36H52BN3O6.C26H38BN3O6.C6H7BO2/c1-35(2)26-18-29(35)36(3)30(19-26)45-37(46-36)31-16-10-8-6-4-5-7-9-11-17-32(41)40-23-27(20-28(40)33(42)38-31)44-34(43)39-21-24-14-12-13-15-25(24)22-39;31-24-14-8-6-4-2-1-3-5-7-13-23(27(34)35)28-25(32)22-15-21(18-30(22)24)36-26(33)29-16-19-11-9-10-12-20(19)17-29;8-7(9)6-4-2-1-3-5-6/h12-15,26-31H,4-11,16-23H2,1-3H3,(H,38,42);9-12,21-23,34-35H,1-8,13-18H2,(H,28,32);1-5,8-9H/t26-,27-,28+,29-,30?,31+,36-;21-,22+,23+;/m11./s1. The van der Waals surface area contributed by atoms with Crippen LogP contribution in [0.1, 0.15) is 197 Å². The first-order valence-electron chi connectivity index (χ1n) is 34.2. The molecule has 5 saturated heterocycles. The lowest BCUT2D eigenvalue weighted by atomic mass is 9.43. The van der Waals surface area contributed by atoms with Crippen LogP contribution in [0.2, 0.25) is 0 Å². The number of amides is 6. The molecule has 3 saturated carbocycles. The highest BCUT2D eigenvalue weighted by atomic mass is 16.7. The van der Waals surface area contributed by atoms with Crippen molar-refractivity contribution < 1.29 is 67.6 Å². The van der Waals surface area contributed by atoms with Gasteiger partial charge in [-0.25, -0.2) is 9.59 Å². The summed E-state index contributed by atoms with van der Waals surface area (Å²) < 4.78 is 25.2. The van der Waals surface area contributed by atoms with E-state index in [0.717, 1.165) is 119 Å². The molecule has 492 valence electrons. The second kappa shape index (κ2) is 31.3. The average Bonchev–Trinajstić information content (AvgIpc) is 1.67. The van der Waals surface area contributed by atoms with Crippen LogP contribution in [-0.2, 0) is 64.1 Å². The minimum absolute atomic E-state index is 0.0372. The molecule has 8 fully saturated rings. The third-order valence-electron chi connectivity index (χ3n) is 21.2. The van der Waals surface area contributed by atoms with E-state index in [4.69, 9.17) is 28.8 Å². The summed E-state index contributed by atoms with van der Waals surface area (Å²) in [4.78, 5) is 86.6. The molecule has 6 amide bonds. The molecule has 0 radical (unpaired) electrons. The molecule has 13 rings (SSSR count). The van der Waals surface area contributed by atoms with E-state index in [1.165, 1.54) is 30.6 Å². The largest absolute Gasteiger partial charge is 0.488 e. The molecular formula is C68H97B3N6O14. The first-order valence-corrected chi connectivity index (χ1v) is 34.2. The fourth-order valence-electron chi connectivity index (χ4n) is 15.7. The normalized spacial score (nSPS) is 29.7. The zero-order chi connectivity index (χ0) is 64.2. The SMILES string of the molecule is CC1(C)[C@H]2CC3OB([C@@H]4CCCCCCCCCCC(=O)N5C[C@H](OC(=O)N6Cc7ccccc7C6)C[C@H]5C(=O)N4)O[C@]3(C)[C@@H]1C2.O=C1N[C@H](B(O)O)CCCCCCCCCCC(=O)N2C[C@H](OC(=O)N3Cc4ccccc4C3)C[C@@H]12.OB(O)c1ccccc1. The molecule has 7 aliphatic heterocycles. The van der Waals surface area contributed by atoms with Crippen LogP contribution in [0.3, 0.4) is 0 Å². The van der Waals surface area contributed by atoms with E-state index in [1.807, 2.05) is 54.6 Å². The molecule has 0 spiro atoms. The van der Waals surface area contributed by atoms with Crippen LogP contribution >= 0.6 is 0 Å². The monoisotopic (exact) mass is 1250 g/mol. The fraction of sp³-hybridized carbons (Fsp3) is 0.647. The lowest BCUT2D eigenvalue weighted by molar-refractivity contribution is -0.199. The summed E-state index contributed by atoms with van der Waals surface area (Å²) in [6.45, 7) is 9.30. The van der Waals surface area contributed by atoms with Crippen molar-refractivity contribution >= 4 is 62.6 Å². The van der Waals surface area contributed by atoms with Gasteiger partial charge >= 0.3 is 33.5 Å². The van der Waals surface area contributed by atoms with Crippen molar-refractivity contribution in [3.05, 3.63) is 101 Å². The summed E-state index contributed by atoms with van der Waals surface area (Å²) in [5.74, 6) is -0.804. The highest BCUT2D eigenvalue weighted by Crippen LogP contribution is 2.66. The molecule has 10 aliphatic rings. The Bertz CT molecular complexity index is 2920. The van der Waals surface area contributed by atoms with E-state index < -0.39 is 69.7 Å². The molecule has 20 nitrogen and oxygen atoms in total. The number of carbonyl (C=O) groups excluding carboxylic acids is 6. The minimum atomic E-state index is -1.68. The molecule has 91 heavy (non-hydrogen) atoms. The fourth-order valence-corrected chi connectivity index (χ4v) is 15.7. The number of hydrogen-bond donors (Lipinski definition) is 6. The molecule has 0 aromatic heterocycles. The predicted molar refractivity (Wildman–Crippen MR) is 345 cm³/mol. The van der Waals surface area contributed by atoms with E-state index >= 15 is 0 Å². The van der Waals surface area contributed by atoms with E-state index in [2.05, 4.69) is 31.4 Å². The smallest absolute Gasteiger partial charge is 0.444 e. The van der Waals surface area contributed by atoms with Gasteiger partial charge in [-0.3, -0.25) is 29.0 Å². The first-order chi connectivity index (χ1) is 43.9. The molecule has 3 aromatic carbocycles. The van der Waals surface area contributed by atoms with Crippen molar-refractivity contribution in [2.24, 2.45) is 17.3 Å². The van der Waals surface area contributed by atoms with E-state index in [-0.39, 0.29) is 60.3 Å². The van der Waals surface area contributed by atoms with Gasteiger partial charge in [-0.05, 0) is 90.4 Å². The molecule has 7 heterocycles. The number of fused-ring (bicyclic) bond motifs is 4. The van der Waals surface area contributed by atoms with Gasteiger partial charge in [0.2, 0.25) is 23.6 Å². The highest BCUT2D eigenvalue weighted by Gasteiger charge is 2.68.